The van der Waals surface area contributed by atoms with Crippen LogP contribution in [0, 0.1) is 0 Å². The van der Waals surface area contributed by atoms with Gasteiger partial charge in [-0.05, 0) is 19.3 Å². The molecule has 66 valence electrons. The zero-order chi connectivity index (χ0) is 8.85. The molecule has 0 saturated carbocycles. The van der Waals surface area contributed by atoms with Crippen LogP contribution >= 0.6 is 34.8 Å². The maximum Gasteiger partial charge on any atom is 0.321 e. The largest absolute Gasteiger partial charge is 0.480 e. The molecule has 0 aliphatic rings. The van der Waals surface area contributed by atoms with Crippen LogP contribution in [0.15, 0.2) is 0 Å². The molecule has 1 atom stereocenters. The Hall–Kier alpha value is 0.340. The van der Waals surface area contributed by atoms with Crippen molar-refractivity contribution in [2.45, 2.75) is 29.5 Å². The molecule has 5 heteroatoms. The molecule has 0 saturated heterocycles. The lowest BCUT2D eigenvalue weighted by Crippen LogP contribution is -2.12. The molecule has 1 unspecified atom stereocenters. The van der Waals surface area contributed by atoms with E-state index >= 15 is 0 Å². The lowest BCUT2D eigenvalue weighted by Gasteiger charge is -2.03. The minimum Gasteiger partial charge on any atom is -0.480 e. The van der Waals surface area contributed by atoms with Crippen LogP contribution < -0.4 is 0 Å². The Kier molecular flexibility index (Phi) is 6.11. The average Bonchev–Trinajstić information content (AvgIpc) is 1.86. The average molecular weight is 219 g/mol. The highest BCUT2D eigenvalue weighted by Gasteiger charge is 2.12. The maximum absolute atomic E-state index is 10.2. The molecule has 11 heavy (non-hydrogen) atoms. The van der Waals surface area contributed by atoms with E-state index in [-0.39, 0.29) is 0 Å². The molecule has 0 aromatic heterocycles. The van der Waals surface area contributed by atoms with E-state index < -0.39 is 16.2 Å². The molecule has 0 radical (unpaired) electrons. The third kappa shape index (κ3) is 6.73. The molecule has 0 aromatic rings. The summed E-state index contributed by atoms with van der Waals surface area (Å²) in [5, 5.41) is 7.53. The molecule has 2 nitrogen and oxygen atoms in total. The highest BCUT2D eigenvalue weighted by Crippen LogP contribution is 2.14. The minimum atomic E-state index is -0.993. The number of carbonyl (C=O) groups is 1. The SMILES string of the molecule is O=C(O)C(Cl)CCCC(Cl)Cl. The summed E-state index contributed by atoms with van der Waals surface area (Å²) in [5.74, 6) is -0.993. The molecule has 0 aliphatic heterocycles. The first-order valence-corrected chi connectivity index (χ1v) is 4.50. The Morgan fingerprint density at radius 1 is 1.27 bits per heavy atom. The number of alkyl halides is 3. The molecule has 0 amide bonds. The van der Waals surface area contributed by atoms with Crippen LogP contribution in [0.4, 0.5) is 0 Å². The lowest BCUT2D eigenvalue weighted by atomic mass is 10.2. The van der Waals surface area contributed by atoms with Gasteiger partial charge in [-0.25, -0.2) is 0 Å². The van der Waals surface area contributed by atoms with Crippen LogP contribution in [-0.4, -0.2) is 21.3 Å². The first-order valence-electron chi connectivity index (χ1n) is 3.19. The Labute approximate surface area is 80.4 Å². The summed E-state index contributed by atoms with van der Waals surface area (Å²) >= 11 is 16.2. The summed E-state index contributed by atoms with van der Waals surface area (Å²) in [4.78, 5) is 9.75. The number of carboxylic acids is 1. The van der Waals surface area contributed by atoms with Crippen LogP contribution in [0.2, 0.25) is 0 Å². The van der Waals surface area contributed by atoms with Gasteiger partial charge in [0.2, 0.25) is 0 Å². The normalized spacial score (nSPS) is 13.5. The van der Waals surface area contributed by atoms with Gasteiger partial charge in [-0.3, -0.25) is 4.79 Å². The van der Waals surface area contributed by atoms with Crippen molar-refractivity contribution in [2.24, 2.45) is 0 Å². The van der Waals surface area contributed by atoms with Crippen molar-refractivity contribution in [1.29, 1.82) is 0 Å². The topological polar surface area (TPSA) is 37.3 Å². The molecule has 0 heterocycles. The van der Waals surface area contributed by atoms with E-state index in [1.807, 2.05) is 0 Å². The van der Waals surface area contributed by atoms with Gasteiger partial charge < -0.3 is 5.11 Å². The number of rotatable bonds is 5. The Morgan fingerprint density at radius 2 is 1.82 bits per heavy atom. The van der Waals surface area contributed by atoms with Gasteiger partial charge in [0.15, 0.2) is 0 Å². The van der Waals surface area contributed by atoms with E-state index in [1.165, 1.54) is 0 Å². The molecule has 0 spiro atoms. The molecule has 0 fully saturated rings. The molecular formula is C6H9Cl3O2. The summed E-state index contributed by atoms with van der Waals surface area (Å²) in [6, 6.07) is 0. The number of aliphatic carboxylic acids is 1. The molecule has 0 aromatic carbocycles. The van der Waals surface area contributed by atoms with Crippen molar-refractivity contribution >= 4 is 40.8 Å². The van der Waals surface area contributed by atoms with Crippen LogP contribution in [0.25, 0.3) is 0 Å². The zero-order valence-electron chi connectivity index (χ0n) is 5.77. The summed E-state index contributed by atoms with van der Waals surface area (Å²) in [5.41, 5.74) is 0. The van der Waals surface area contributed by atoms with Crippen molar-refractivity contribution in [3.8, 4) is 0 Å². The third-order valence-electron chi connectivity index (χ3n) is 1.15. The van der Waals surface area contributed by atoms with Gasteiger partial charge in [0.1, 0.15) is 10.2 Å². The van der Waals surface area contributed by atoms with Crippen LogP contribution in [-0.2, 0) is 4.79 Å². The van der Waals surface area contributed by atoms with Crippen LogP contribution in [0.3, 0.4) is 0 Å². The Morgan fingerprint density at radius 3 is 2.18 bits per heavy atom. The summed E-state index contributed by atoms with van der Waals surface area (Å²) < 4.78 is 0. The van der Waals surface area contributed by atoms with Gasteiger partial charge >= 0.3 is 5.97 Å². The van der Waals surface area contributed by atoms with E-state index in [0.29, 0.717) is 19.3 Å². The molecular weight excluding hydrogens is 210 g/mol. The molecule has 0 aliphatic carbocycles. The number of hydrogen-bond acceptors (Lipinski definition) is 1. The van der Waals surface area contributed by atoms with Crippen molar-refractivity contribution in [3.05, 3.63) is 0 Å². The quantitative estimate of drug-likeness (QED) is 0.722. The highest BCUT2D eigenvalue weighted by molar-refractivity contribution is 6.44. The van der Waals surface area contributed by atoms with Crippen LogP contribution in [0.1, 0.15) is 19.3 Å². The molecule has 0 rings (SSSR count). The minimum absolute atomic E-state index is 0.410. The second-order valence-corrected chi connectivity index (χ2v) is 3.93. The highest BCUT2D eigenvalue weighted by atomic mass is 35.5. The van der Waals surface area contributed by atoms with Crippen molar-refractivity contribution in [1.82, 2.24) is 0 Å². The predicted molar refractivity (Wildman–Crippen MR) is 46.6 cm³/mol. The molecule has 0 bridgehead atoms. The smallest absolute Gasteiger partial charge is 0.321 e. The lowest BCUT2D eigenvalue weighted by molar-refractivity contribution is -0.136. The number of halogens is 3. The van der Waals surface area contributed by atoms with E-state index in [1.54, 1.807) is 0 Å². The van der Waals surface area contributed by atoms with E-state index in [2.05, 4.69) is 0 Å². The van der Waals surface area contributed by atoms with Crippen LogP contribution in [0.5, 0.6) is 0 Å². The summed E-state index contributed by atoms with van der Waals surface area (Å²) in [7, 11) is 0. The fraction of sp³-hybridized carbons (Fsp3) is 0.833. The van der Waals surface area contributed by atoms with Gasteiger partial charge in [0, 0.05) is 0 Å². The summed E-state index contributed by atoms with van der Waals surface area (Å²) in [6.07, 6.45) is 1.63. The first-order chi connectivity index (χ1) is 5.04. The van der Waals surface area contributed by atoms with Crippen molar-refractivity contribution in [2.75, 3.05) is 0 Å². The van der Waals surface area contributed by atoms with E-state index in [4.69, 9.17) is 39.9 Å². The van der Waals surface area contributed by atoms with Crippen molar-refractivity contribution < 1.29 is 9.90 Å². The third-order valence-corrected chi connectivity index (χ3v) is 1.99. The molecule has 1 N–H and O–H groups in total. The monoisotopic (exact) mass is 218 g/mol. The fourth-order valence-corrected chi connectivity index (χ4v) is 1.04. The Bertz CT molecular complexity index is 127. The first kappa shape index (κ1) is 11.3. The number of hydrogen-bond donors (Lipinski definition) is 1. The van der Waals surface area contributed by atoms with Gasteiger partial charge in [-0.1, -0.05) is 0 Å². The second-order valence-electron chi connectivity index (χ2n) is 2.13. The van der Waals surface area contributed by atoms with E-state index in [9.17, 15) is 4.79 Å². The number of carboxylic acid groups (broad SMARTS) is 1. The zero-order valence-corrected chi connectivity index (χ0v) is 8.03. The summed E-state index contributed by atoms with van der Waals surface area (Å²) in [6.45, 7) is 0. The van der Waals surface area contributed by atoms with E-state index in [0.717, 1.165) is 0 Å². The van der Waals surface area contributed by atoms with Crippen molar-refractivity contribution in [3.63, 3.8) is 0 Å². The standard InChI is InChI=1S/C6H9Cl3O2/c7-4(6(10)11)2-1-3-5(8)9/h4-5H,1-3H2,(H,10,11). The van der Waals surface area contributed by atoms with Gasteiger partial charge in [-0.2, -0.15) is 0 Å². The maximum atomic E-state index is 10.2. The van der Waals surface area contributed by atoms with Gasteiger partial charge in [0.25, 0.3) is 0 Å². The second kappa shape index (κ2) is 5.92. The predicted octanol–water partition coefficient (Wildman–Crippen LogP) is 2.65. The van der Waals surface area contributed by atoms with Gasteiger partial charge in [-0.15, -0.1) is 34.8 Å². The Balaban J connectivity index is 3.31. The van der Waals surface area contributed by atoms with Gasteiger partial charge in [0.05, 0.1) is 0 Å². The fourth-order valence-electron chi connectivity index (χ4n) is 0.575.